The van der Waals surface area contributed by atoms with Crippen molar-refractivity contribution < 1.29 is 27.9 Å². The van der Waals surface area contributed by atoms with Crippen LogP contribution in [0, 0.1) is 0 Å². The average molecular weight is 424 g/mol. The van der Waals surface area contributed by atoms with Crippen LogP contribution in [0.5, 0.6) is 5.75 Å². The number of ether oxygens (including phenoxy) is 1. The third-order valence-electron chi connectivity index (χ3n) is 4.38. The fourth-order valence-corrected chi connectivity index (χ4v) is 4.94. The molecule has 9 heteroatoms. The molecule has 0 aliphatic carbocycles. The number of para-hydroxylation sites is 1. The molecule has 0 radical (unpaired) electrons. The molecule has 7 nitrogen and oxygen atoms in total. The second-order valence-corrected chi connectivity index (χ2v) is 9.06. The Morgan fingerprint density at radius 1 is 1.18 bits per heavy atom. The summed E-state index contributed by atoms with van der Waals surface area (Å²) in [7, 11) is -3.21. The third-order valence-corrected chi connectivity index (χ3v) is 6.37. The lowest BCUT2D eigenvalue weighted by Crippen LogP contribution is -2.43. The minimum absolute atomic E-state index is 0.00666. The normalized spacial score (nSPS) is 17.8. The molecule has 0 unspecified atom stereocenters. The van der Waals surface area contributed by atoms with E-state index in [2.05, 4.69) is 0 Å². The zero-order valence-electron chi connectivity index (χ0n) is 14.7. The average Bonchev–Trinajstić information content (AvgIpc) is 3.00. The molecular weight excluding hydrogens is 406 g/mol. The zero-order valence-corrected chi connectivity index (χ0v) is 16.3. The second-order valence-electron chi connectivity index (χ2n) is 6.39. The molecule has 148 valence electrons. The smallest absolute Gasteiger partial charge is 0.342 e. The summed E-state index contributed by atoms with van der Waals surface area (Å²) < 4.78 is 28.7. The first-order valence-electron chi connectivity index (χ1n) is 8.50. The SMILES string of the molecule is O=C(OCC(=O)N(c1ccccc1)[C@H]1CCS(=O)(=O)C1)c1ccc(Cl)cc1O. The van der Waals surface area contributed by atoms with Gasteiger partial charge in [-0.25, -0.2) is 13.2 Å². The molecule has 1 atom stereocenters. The van der Waals surface area contributed by atoms with Crippen molar-refractivity contribution in [1.29, 1.82) is 0 Å². The first-order chi connectivity index (χ1) is 13.3. The van der Waals surface area contributed by atoms with E-state index >= 15 is 0 Å². The molecular formula is C19H18ClNO6S. The van der Waals surface area contributed by atoms with Gasteiger partial charge in [0.2, 0.25) is 0 Å². The molecule has 1 fully saturated rings. The number of anilines is 1. The fourth-order valence-electron chi connectivity index (χ4n) is 3.08. The van der Waals surface area contributed by atoms with Gasteiger partial charge in [0.15, 0.2) is 16.4 Å². The fraction of sp³-hybridized carbons (Fsp3) is 0.263. The Bertz CT molecular complexity index is 993. The van der Waals surface area contributed by atoms with Gasteiger partial charge in [-0.05, 0) is 36.8 Å². The van der Waals surface area contributed by atoms with Gasteiger partial charge in [-0.2, -0.15) is 0 Å². The maximum atomic E-state index is 12.8. The molecule has 0 aromatic heterocycles. The molecule has 2 aromatic carbocycles. The van der Waals surface area contributed by atoms with Gasteiger partial charge in [0, 0.05) is 10.7 Å². The predicted molar refractivity (Wildman–Crippen MR) is 104 cm³/mol. The topological polar surface area (TPSA) is 101 Å². The lowest BCUT2D eigenvalue weighted by Gasteiger charge is -2.28. The van der Waals surface area contributed by atoms with Crippen LogP contribution < -0.4 is 4.90 Å². The van der Waals surface area contributed by atoms with E-state index in [1.807, 2.05) is 0 Å². The number of carbonyl (C=O) groups excluding carboxylic acids is 2. The van der Waals surface area contributed by atoms with Gasteiger partial charge in [0.1, 0.15) is 11.3 Å². The van der Waals surface area contributed by atoms with E-state index < -0.39 is 34.4 Å². The van der Waals surface area contributed by atoms with Crippen molar-refractivity contribution in [3.63, 3.8) is 0 Å². The Morgan fingerprint density at radius 2 is 1.89 bits per heavy atom. The Balaban J connectivity index is 1.75. The molecule has 0 spiro atoms. The standard InChI is InChI=1S/C19H18ClNO6S/c20-13-6-7-16(17(22)10-13)19(24)27-11-18(23)21(14-4-2-1-3-5-14)15-8-9-28(25,26)12-15/h1-7,10,15,22H,8-9,11-12H2/t15-/m0/s1. The lowest BCUT2D eigenvalue weighted by atomic mass is 10.2. The van der Waals surface area contributed by atoms with Gasteiger partial charge in [-0.15, -0.1) is 0 Å². The van der Waals surface area contributed by atoms with Crippen molar-refractivity contribution in [2.75, 3.05) is 23.0 Å². The maximum absolute atomic E-state index is 12.8. The van der Waals surface area contributed by atoms with Crippen LogP contribution in [0.3, 0.4) is 0 Å². The summed E-state index contributed by atoms with van der Waals surface area (Å²) >= 11 is 5.73. The number of esters is 1. The zero-order chi connectivity index (χ0) is 20.3. The van der Waals surface area contributed by atoms with Crippen molar-refractivity contribution in [2.45, 2.75) is 12.5 Å². The number of halogens is 1. The van der Waals surface area contributed by atoms with Crippen molar-refractivity contribution in [1.82, 2.24) is 0 Å². The number of carbonyl (C=O) groups is 2. The minimum Gasteiger partial charge on any atom is -0.507 e. The van der Waals surface area contributed by atoms with Crippen molar-refractivity contribution in [3.05, 3.63) is 59.1 Å². The molecule has 1 aliphatic heterocycles. The summed E-state index contributed by atoms with van der Waals surface area (Å²) in [5, 5.41) is 10.0. The van der Waals surface area contributed by atoms with Crippen molar-refractivity contribution in [2.24, 2.45) is 0 Å². The number of aromatic hydroxyl groups is 1. The number of sulfone groups is 1. The van der Waals surface area contributed by atoms with Crippen LogP contribution in [0.25, 0.3) is 0 Å². The van der Waals surface area contributed by atoms with E-state index in [0.29, 0.717) is 12.1 Å². The Hall–Kier alpha value is -2.58. The quantitative estimate of drug-likeness (QED) is 0.741. The van der Waals surface area contributed by atoms with E-state index in [4.69, 9.17) is 16.3 Å². The molecule has 0 bridgehead atoms. The summed E-state index contributed by atoms with van der Waals surface area (Å²) in [6, 6.07) is 12.0. The monoisotopic (exact) mass is 423 g/mol. The van der Waals surface area contributed by atoms with E-state index in [0.717, 1.165) is 0 Å². The van der Waals surface area contributed by atoms with Crippen LogP contribution in [0.15, 0.2) is 48.5 Å². The number of nitrogens with zero attached hydrogens (tertiary/aromatic N) is 1. The number of hydrogen-bond donors (Lipinski definition) is 1. The van der Waals surface area contributed by atoms with E-state index in [1.54, 1.807) is 30.3 Å². The largest absolute Gasteiger partial charge is 0.507 e. The first-order valence-corrected chi connectivity index (χ1v) is 10.7. The van der Waals surface area contributed by atoms with Crippen molar-refractivity contribution in [3.8, 4) is 5.75 Å². The number of phenols is 1. The van der Waals surface area contributed by atoms with Crippen LogP contribution in [-0.2, 0) is 19.4 Å². The summed E-state index contributed by atoms with van der Waals surface area (Å²) in [5.74, 6) is -1.91. The Morgan fingerprint density at radius 3 is 2.50 bits per heavy atom. The molecule has 1 amide bonds. The van der Waals surface area contributed by atoms with Crippen LogP contribution >= 0.6 is 11.6 Å². The van der Waals surface area contributed by atoms with Gasteiger partial charge < -0.3 is 14.7 Å². The van der Waals surface area contributed by atoms with Crippen LogP contribution in [0.1, 0.15) is 16.8 Å². The lowest BCUT2D eigenvalue weighted by molar-refractivity contribution is -0.122. The molecule has 1 N–H and O–H groups in total. The number of benzene rings is 2. The van der Waals surface area contributed by atoms with Crippen LogP contribution in [-0.4, -0.2) is 49.6 Å². The molecule has 28 heavy (non-hydrogen) atoms. The third kappa shape index (κ3) is 4.63. The highest BCUT2D eigenvalue weighted by Crippen LogP contribution is 2.25. The molecule has 0 saturated carbocycles. The molecule has 2 aromatic rings. The predicted octanol–water partition coefficient (Wildman–Crippen LogP) is 2.42. The van der Waals surface area contributed by atoms with Gasteiger partial charge >= 0.3 is 5.97 Å². The minimum atomic E-state index is -3.21. The van der Waals surface area contributed by atoms with Crippen molar-refractivity contribution >= 4 is 39.0 Å². The summed E-state index contributed by atoms with van der Waals surface area (Å²) in [6.07, 6.45) is 0.314. The number of rotatable bonds is 5. The van der Waals surface area contributed by atoms with Gasteiger partial charge in [0.05, 0.1) is 17.5 Å². The summed E-state index contributed by atoms with van der Waals surface area (Å²) in [5.41, 5.74) is 0.409. The van der Waals surface area contributed by atoms with Gasteiger partial charge in [0.25, 0.3) is 5.91 Å². The van der Waals surface area contributed by atoms with Gasteiger partial charge in [-0.1, -0.05) is 29.8 Å². The maximum Gasteiger partial charge on any atom is 0.342 e. The molecule has 3 rings (SSSR count). The number of amides is 1. The Kier molecular flexibility index (Phi) is 5.90. The highest BCUT2D eigenvalue weighted by atomic mass is 35.5. The summed E-state index contributed by atoms with van der Waals surface area (Å²) in [4.78, 5) is 26.3. The molecule has 1 saturated heterocycles. The van der Waals surface area contributed by atoms with Crippen LogP contribution in [0.2, 0.25) is 5.02 Å². The second kappa shape index (κ2) is 8.20. The number of hydrogen-bond acceptors (Lipinski definition) is 6. The highest BCUT2D eigenvalue weighted by Gasteiger charge is 2.35. The van der Waals surface area contributed by atoms with E-state index in [1.165, 1.54) is 23.1 Å². The Labute approximate surface area is 167 Å². The molecule has 1 aliphatic rings. The summed E-state index contributed by atoms with van der Waals surface area (Å²) in [6.45, 7) is -0.591. The highest BCUT2D eigenvalue weighted by molar-refractivity contribution is 7.91. The van der Waals surface area contributed by atoms with Gasteiger partial charge in [-0.3, -0.25) is 4.79 Å². The van der Waals surface area contributed by atoms with E-state index in [9.17, 15) is 23.1 Å². The van der Waals surface area contributed by atoms with E-state index in [-0.39, 0.29) is 27.8 Å². The number of phenolic OH excluding ortho intramolecular Hbond substituents is 1. The van der Waals surface area contributed by atoms with Crippen LogP contribution in [0.4, 0.5) is 5.69 Å². The first kappa shape index (κ1) is 20.2. The molecule has 1 heterocycles.